The van der Waals surface area contributed by atoms with Crippen molar-refractivity contribution < 1.29 is 13.2 Å². The van der Waals surface area contributed by atoms with Crippen LogP contribution in [0.4, 0.5) is 10.5 Å². The molecule has 3 N–H and O–H groups in total. The molecular weight excluding hydrogens is 350 g/mol. The molecule has 1 saturated heterocycles. The van der Waals surface area contributed by atoms with E-state index in [0.29, 0.717) is 5.69 Å². The van der Waals surface area contributed by atoms with Crippen molar-refractivity contribution in [2.45, 2.75) is 58.4 Å². The second-order valence-corrected chi connectivity index (χ2v) is 8.82. The maximum Gasteiger partial charge on any atom is 0.333 e. The molecule has 26 heavy (non-hydrogen) atoms. The van der Waals surface area contributed by atoms with E-state index >= 15 is 0 Å². The minimum absolute atomic E-state index is 0.0452. The smallest absolute Gasteiger partial charge is 0.310 e. The number of rotatable bonds is 6. The molecule has 1 unspecified atom stereocenters. The van der Waals surface area contributed by atoms with E-state index in [1.807, 2.05) is 45.9 Å². The predicted octanol–water partition coefficient (Wildman–Crippen LogP) is 3.65. The average molecular weight is 380 g/mol. The van der Waals surface area contributed by atoms with Crippen molar-refractivity contribution in [1.82, 2.24) is 10.0 Å². The molecule has 144 valence electrons. The molecule has 2 rings (SSSR count). The summed E-state index contributed by atoms with van der Waals surface area (Å²) in [5.74, 6) is 0.405. The number of anilines is 1. The number of carbonyl (C=O) groups is 1. The summed E-state index contributed by atoms with van der Waals surface area (Å²) in [7, 11) is -3.84. The van der Waals surface area contributed by atoms with Crippen LogP contribution in [0.1, 0.15) is 63.5 Å². The van der Waals surface area contributed by atoms with Crippen LogP contribution in [-0.4, -0.2) is 27.0 Å². The first-order valence-corrected chi connectivity index (χ1v) is 10.6. The number of para-hydroxylation sites is 1. The zero-order chi connectivity index (χ0) is 19.3. The van der Waals surface area contributed by atoms with E-state index in [1.165, 1.54) is 0 Å². The molecule has 1 aliphatic heterocycles. The molecule has 0 aromatic heterocycles. The SMILES string of the molecule is CC(C)c1cccc(C(C)C)c1NC(=O)NS(=O)(=O)C=CC1CCCN1. The largest absolute Gasteiger partial charge is 0.333 e. The van der Waals surface area contributed by atoms with E-state index in [2.05, 4.69) is 15.4 Å². The molecule has 0 bridgehead atoms. The summed E-state index contributed by atoms with van der Waals surface area (Å²) in [6.45, 7) is 9.04. The van der Waals surface area contributed by atoms with Crippen molar-refractivity contribution in [3.8, 4) is 0 Å². The Labute approximate surface area is 156 Å². The van der Waals surface area contributed by atoms with Gasteiger partial charge in [-0.25, -0.2) is 17.9 Å². The molecule has 6 nitrogen and oxygen atoms in total. The molecule has 1 aliphatic rings. The first-order valence-electron chi connectivity index (χ1n) is 9.08. The topological polar surface area (TPSA) is 87.3 Å². The lowest BCUT2D eigenvalue weighted by molar-refractivity contribution is 0.256. The molecule has 0 saturated carbocycles. The van der Waals surface area contributed by atoms with Gasteiger partial charge in [-0.15, -0.1) is 0 Å². The third kappa shape index (κ3) is 5.57. The number of hydrogen-bond acceptors (Lipinski definition) is 4. The first-order chi connectivity index (χ1) is 12.2. The fourth-order valence-electron chi connectivity index (χ4n) is 3.07. The van der Waals surface area contributed by atoms with E-state index in [0.717, 1.165) is 35.9 Å². The van der Waals surface area contributed by atoms with Gasteiger partial charge >= 0.3 is 6.03 Å². The quantitative estimate of drug-likeness (QED) is 0.704. The summed E-state index contributed by atoms with van der Waals surface area (Å²) in [6.07, 6.45) is 3.51. The lowest BCUT2D eigenvalue weighted by Crippen LogP contribution is -2.34. The van der Waals surface area contributed by atoms with E-state index in [-0.39, 0.29) is 17.9 Å². The molecule has 0 radical (unpaired) electrons. The third-order valence-electron chi connectivity index (χ3n) is 4.43. The minimum atomic E-state index is -3.84. The van der Waals surface area contributed by atoms with Crippen LogP contribution >= 0.6 is 0 Å². The lowest BCUT2D eigenvalue weighted by atomic mass is 9.93. The fraction of sp³-hybridized carbons (Fsp3) is 0.526. The molecular formula is C19H29N3O3S. The van der Waals surface area contributed by atoms with Gasteiger partial charge in [0.25, 0.3) is 10.0 Å². The van der Waals surface area contributed by atoms with Crippen LogP contribution in [-0.2, 0) is 10.0 Å². The highest BCUT2D eigenvalue weighted by atomic mass is 32.2. The summed E-state index contributed by atoms with van der Waals surface area (Å²) >= 11 is 0. The van der Waals surface area contributed by atoms with Crippen LogP contribution in [0.2, 0.25) is 0 Å². The first kappa shape index (κ1) is 20.5. The normalized spacial score (nSPS) is 18.0. The molecule has 2 amide bonds. The zero-order valence-electron chi connectivity index (χ0n) is 15.9. The monoisotopic (exact) mass is 379 g/mol. The number of urea groups is 1. The highest BCUT2D eigenvalue weighted by Crippen LogP contribution is 2.32. The van der Waals surface area contributed by atoms with E-state index in [9.17, 15) is 13.2 Å². The van der Waals surface area contributed by atoms with Gasteiger partial charge < -0.3 is 10.6 Å². The molecule has 0 aliphatic carbocycles. The molecule has 1 aromatic carbocycles. The van der Waals surface area contributed by atoms with Crippen molar-refractivity contribution in [2.75, 3.05) is 11.9 Å². The Kier molecular flexibility index (Phi) is 6.83. The number of nitrogens with one attached hydrogen (secondary N) is 3. The molecule has 1 fully saturated rings. The van der Waals surface area contributed by atoms with Crippen LogP contribution in [0.5, 0.6) is 0 Å². The van der Waals surface area contributed by atoms with E-state index in [4.69, 9.17) is 0 Å². The Morgan fingerprint density at radius 2 is 1.81 bits per heavy atom. The number of carbonyl (C=O) groups excluding carboxylic acids is 1. The second kappa shape index (κ2) is 8.68. The van der Waals surface area contributed by atoms with E-state index < -0.39 is 16.1 Å². The minimum Gasteiger partial charge on any atom is -0.310 e. The van der Waals surface area contributed by atoms with Crippen LogP contribution in [0.15, 0.2) is 29.7 Å². The van der Waals surface area contributed by atoms with Gasteiger partial charge in [-0.05, 0) is 42.3 Å². The van der Waals surface area contributed by atoms with E-state index in [1.54, 1.807) is 6.08 Å². The molecule has 0 spiro atoms. The van der Waals surface area contributed by atoms with Gasteiger partial charge in [0.1, 0.15) is 0 Å². The Morgan fingerprint density at radius 3 is 2.31 bits per heavy atom. The molecule has 1 heterocycles. The highest BCUT2D eigenvalue weighted by molar-refractivity contribution is 7.92. The van der Waals surface area contributed by atoms with Crippen molar-refractivity contribution >= 4 is 21.7 Å². The Morgan fingerprint density at radius 1 is 1.19 bits per heavy atom. The summed E-state index contributed by atoms with van der Waals surface area (Å²) in [6, 6.07) is 5.16. The molecule has 1 aromatic rings. The maximum absolute atomic E-state index is 12.3. The van der Waals surface area contributed by atoms with Crippen LogP contribution < -0.4 is 15.4 Å². The summed E-state index contributed by atoms with van der Waals surface area (Å²) in [5, 5.41) is 6.99. The van der Waals surface area contributed by atoms with Gasteiger partial charge in [0, 0.05) is 17.1 Å². The van der Waals surface area contributed by atoms with Crippen LogP contribution in [0, 0.1) is 0 Å². The summed E-state index contributed by atoms with van der Waals surface area (Å²) in [4.78, 5) is 12.3. The Bertz CT molecular complexity index is 738. The lowest BCUT2D eigenvalue weighted by Gasteiger charge is -2.20. The van der Waals surface area contributed by atoms with Gasteiger partial charge in [0.15, 0.2) is 0 Å². The van der Waals surface area contributed by atoms with Gasteiger partial charge in [0.2, 0.25) is 0 Å². The number of sulfonamides is 1. The van der Waals surface area contributed by atoms with Crippen molar-refractivity contribution in [1.29, 1.82) is 0 Å². The number of amides is 2. The van der Waals surface area contributed by atoms with Crippen LogP contribution in [0.3, 0.4) is 0 Å². The average Bonchev–Trinajstić information content (AvgIpc) is 3.05. The van der Waals surface area contributed by atoms with Gasteiger partial charge in [-0.2, -0.15) is 0 Å². The Hall–Kier alpha value is -1.86. The summed E-state index contributed by atoms with van der Waals surface area (Å²) in [5.41, 5.74) is 2.65. The molecule has 7 heteroatoms. The number of benzene rings is 1. The number of hydrogen-bond donors (Lipinski definition) is 3. The molecule has 1 atom stereocenters. The van der Waals surface area contributed by atoms with Gasteiger partial charge in [-0.1, -0.05) is 52.0 Å². The summed E-state index contributed by atoms with van der Waals surface area (Å²) < 4.78 is 26.3. The maximum atomic E-state index is 12.3. The van der Waals surface area contributed by atoms with Gasteiger partial charge in [-0.3, -0.25) is 0 Å². The van der Waals surface area contributed by atoms with Crippen molar-refractivity contribution in [3.63, 3.8) is 0 Å². The van der Waals surface area contributed by atoms with Gasteiger partial charge in [0.05, 0.1) is 0 Å². The Balaban J connectivity index is 2.14. The predicted molar refractivity (Wildman–Crippen MR) is 106 cm³/mol. The third-order valence-corrected chi connectivity index (χ3v) is 5.42. The second-order valence-electron chi connectivity index (χ2n) is 7.25. The van der Waals surface area contributed by atoms with Crippen molar-refractivity contribution in [3.05, 3.63) is 40.8 Å². The highest BCUT2D eigenvalue weighted by Gasteiger charge is 2.19. The fourth-order valence-corrected chi connectivity index (χ4v) is 3.85. The standard InChI is InChI=1S/C19H29N3O3S/c1-13(2)16-8-5-9-17(14(3)4)18(16)21-19(23)22-26(24,25)12-10-15-7-6-11-20-15/h5,8-10,12-15,20H,6-7,11H2,1-4H3,(H2,21,22,23). The zero-order valence-corrected chi connectivity index (χ0v) is 16.7. The van der Waals surface area contributed by atoms with Crippen molar-refractivity contribution in [2.24, 2.45) is 0 Å². The van der Waals surface area contributed by atoms with Crippen LogP contribution in [0.25, 0.3) is 0 Å².